The second-order valence-electron chi connectivity index (χ2n) is 5.61. The van der Waals surface area contributed by atoms with Crippen LogP contribution in [0.1, 0.15) is 0 Å². The average molecular weight is 385 g/mol. The van der Waals surface area contributed by atoms with Crippen molar-refractivity contribution < 1.29 is 19.1 Å². The van der Waals surface area contributed by atoms with Crippen LogP contribution in [0.2, 0.25) is 5.02 Å². The fourth-order valence-electron chi connectivity index (χ4n) is 2.32. The minimum absolute atomic E-state index is 0.232. The smallest absolute Gasteiger partial charge is 0.276 e. The Balaban J connectivity index is 1.41. The Morgan fingerprint density at radius 2 is 1.41 bits per heavy atom. The lowest BCUT2D eigenvalue weighted by atomic mass is 10.1. The molecule has 3 rings (SSSR count). The second-order valence-corrected chi connectivity index (χ2v) is 6.02. The van der Waals surface area contributed by atoms with Gasteiger partial charge in [-0.05, 0) is 35.0 Å². The van der Waals surface area contributed by atoms with Gasteiger partial charge >= 0.3 is 0 Å². The summed E-state index contributed by atoms with van der Waals surface area (Å²) in [6.45, 7) is -0.514. The Hall–Kier alpha value is -3.25. The lowest BCUT2D eigenvalue weighted by Crippen LogP contribution is -2.45. The van der Waals surface area contributed by atoms with Gasteiger partial charge in [0, 0.05) is 0 Å². The molecule has 2 N–H and O–H groups in total. The molecule has 0 atom stereocenters. The topological polar surface area (TPSA) is 76.7 Å². The minimum atomic E-state index is -0.519. The molecule has 3 aromatic carbocycles. The Labute approximate surface area is 161 Å². The van der Waals surface area contributed by atoms with Crippen LogP contribution in [-0.4, -0.2) is 25.0 Å². The van der Waals surface area contributed by atoms with Crippen molar-refractivity contribution in [3.05, 3.63) is 71.8 Å². The summed E-state index contributed by atoms with van der Waals surface area (Å²) in [5.74, 6) is -0.0549. The Kier molecular flexibility index (Phi) is 6.12. The number of fused-ring (bicyclic) bond motifs is 1. The van der Waals surface area contributed by atoms with Crippen molar-refractivity contribution in [1.29, 1.82) is 0 Å². The normalized spacial score (nSPS) is 10.3. The molecule has 0 heterocycles. The van der Waals surface area contributed by atoms with Crippen LogP contribution in [-0.2, 0) is 9.59 Å². The van der Waals surface area contributed by atoms with Gasteiger partial charge in [0.25, 0.3) is 11.8 Å². The fourth-order valence-corrected chi connectivity index (χ4v) is 2.51. The summed E-state index contributed by atoms with van der Waals surface area (Å²) in [5.41, 5.74) is 4.52. The van der Waals surface area contributed by atoms with E-state index >= 15 is 0 Å². The summed E-state index contributed by atoms with van der Waals surface area (Å²) in [4.78, 5) is 23.5. The molecule has 0 aliphatic heterocycles. The van der Waals surface area contributed by atoms with Crippen molar-refractivity contribution in [2.45, 2.75) is 0 Å². The number of halogens is 1. The maximum absolute atomic E-state index is 11.8. The average Bonchev–Trinajstić information content (AvgIpc) is 2.70. The lowest BCUT2D eigenvalue weighted by Gasteiger charge is -2.10. The van der Waals surface area contributed by atoms with Crippen LogP contribution < -0.4 is 20.3 Å². The molecule has 0 saturated carbocycles. The molecule has 6 nitrogen and oxygen atoms in total. The van der Waals surface area contributed by atoms with Crippen molar-refractivity contribution in [2.24, 2.45) is 0 Å². The van der Waals surface area contributed by atoms with Gasteiger partial charge in [0.05, 0.1) is 5.02 Å². The van der Waals surface area contributed by atoms with E-state index in [1.54, 1.807) is 30.3 Å². The molecule has 0 saturated heterocycles. The van der Waals surface area contributed by atoms with Crippen molar-refractivity contribution in [1.82, 2.24) is 10.9 Å². The van der Waals surface area contributed by atoms with E-state index in [0.717, 1.165) is 10.8 Å². The molecule has 138 valence electrons. The van der Waals surface area contributed by atoms with Crippen molar-refractivity contribution in [3.8, 4) is 11.5 Å². The molecule has 2 amide bonds. The first-order valence-electron chi connectivity index (χ1n) is 8.18. The van der Waals surface area contributed by atoms with Crippen LogP contribution in [0.5, 0.6) is 11.5 Å². The zero-order valence-corrected chi connectivity index (χ0v) is 15.0. The molecular weight excluding hydrogens is 368 g/mol. The number of carbonyl (C=O) groups excluding carboxylic acids is 2. The van der Waals surface area contributed by atoms with Gasteiger partial charge < -0.3 is 9.47 Å². The van der Waals surface area contributed by atoms with Crippen molar-refractivity contribution in [3.63, 3.8) is 0 Å². The largest absolute Gasteiger partial charge is 0.484 e. The van der Waals surface area contributed by atoms with Crippen molar-refractivity contribution >= 4 is 34.2 Å². The number of amides is 2. The summed E-state index contributed by atoms with van der Waals surface area (Å²) in [7, 11) is 0. The molecule has 0 radical (unpaired) electrons. The molecular formula is C20H17ClN2O4. The summed E-state index contributed by atoms with van der Waals surface area (Å²) >= 11 is 5.93. The molecule has 3 aromatic rings. The predicted molar refractivity (Wildman–Crippen MR) is 103 cm³/mol. The summed E-state index contributed by atoms with van der Waals surface area (Å²) in [6, 6.07) is 20.2. The molecule has 0 aliphatic carbocycles. The van der Waals surface area contributed by atoms with Crippen molar-refractivity contribution in [2.75, 3.05) is 13.2 Å². The van der Waals surface area contributed by atoms with Crippen LogP contribution in [0, 0.1) is 0 Å². The zero-order valence-electron chi connectivity index (χ0n) is 14.3. The quantitative estimate of drug-likeness (QED) is 0.640. The second kappa shape index (κ2) is 8.91. The predicted octanol–water partition coefficient (Wildman–Crippen LogP) is 3.10. The number of hydrogen-bond acceptors (Lipinski definition) is 4. The van der Waals surface area contributed by atoms with Gasteiger partial charge in [-0.3, -0.25) is 20.4 Å². The standard InChI is InChI=1S/C20H17ClN2O4/c21-17-7-3-4-8-18(17)27-13-20(25)23-22-19(24)12-26-16-10-9-14-5-1-2-6-15(14)11-16/h1-11H,12-13H2,(H,22,24)(H,23,25). The first-order valence-corrected chi connectivity index (χ1v) is 8.56. The molecule has 0 aliphatic rings. The number of ether oxygens (including phenoxy) is 2. The van der Waals surface area contributed by atoms with Gasteiger partial charge in [-0.25, -0.2) is 0 Å². The van der Waals surface area contributed by atoms with Gasteiger partial charge in [-0.15, -0.1) is 0 Å². The number of hydrogen-bond donors (Lipinski definition) is 2. The lowest BCUT2D eigenvalue weighted by molar-refractivity contribution is -0.131. The maximum atomic E-state index is 11.8. The highest BCUT2D eigenvalue weighted by atomic mass is 35.5. The van der Waals surface area contributed by atoms with E-state index in [-0.39, 0.29) is 13.2 Å². The molecule has 0 unspecified atom stereocenters. The van der Waals surface area contributed by atoms with E-state index in [1.165, 1.54) is 0 Å². The third-order valence-corrected chi connectivity index (χ3v) is 3.94. The minimum Gasteiger partial charge on any atom is -0.484 e. The third kappa shape index (κ3) is 5.36. The SMILES string of the molecule is O=C(COc1ccc2ccccc2c1)NNC(=O)COc1ccccc1Cl. The maximum Gasteiger partial charge on any atom is 0.276 e. The van der Waals surface area contributed by atoms with Gasteiger partial charge in [0.2, 0.25) is 0 Å². The number of benzene rings is 3. The highest BCUT2D eigenvalue weighted by Crippen LogP contribution is 2.23. The highest BCUT2D eigenvalue weighted by Gasteiger charge is 2.08. The summed E-state index contributed by atoms with van der Waals surface area (Å²) in [6.07, 6.45) is 0. The number of rotatable bonds is 6. The number of hydrazine groups is 1. The zero-order chi connectivity index (χ0) is 19.1. The van der Waals surface area contributed by atoms with E-state index in [0.29, 0.717) is 16.5 Å². The Morgan fingerprint density at radius 1 is 0.778 bits per heavy atom. The number of carbonyl (C=O) groups is 2. The summed E-state index contributed by atoms with van der Waals surface area (Å²) < 4.78 is 10.7. The monoisotopic (exact) mass is 384 g/mol. The molecule has 0 aromatic heterocycles. The van der Waals surface area contributed by atoms with Gasteiger partial charge in [-0.2, -0.15) is 0 Å². The number of nitrogens with one attached hydrogen (secondary N) is 2. The Morgan fingerprint density at radius 3 is 2.15 bits per heavy atom. The van der Waals surface area contributed by atoms with E-state index in [2.05, 4.69) is 10.9 Å². The molecule has 0 bridgehead atoms. The summed E-state index contributed by atoms with van der Waals surface area (Å²) in [5, 5.41) is 2.50. The van der Waals surface area contributed by atoms with E-state index in [4.69, 9.17) is 21.1 Å². The third-order valence-electron chi connectivity index (χ3n) is 3.63. The molecule has 0 spiro atoms. The molecule has 7 heteroatoms. The highest BCUT2D eigenvalue weighted by molar-refractivity contribution is 6.32. The molecule has 27 heavy (non-hydrogen) atoms. The van der Waals surface area contributed by atoms with E-state index in [1.807, 2.05) is 36.4 Å². The van der Waals surface area contributed by atoms with Gasteiger partial charge in [-0.1, -0.05) is 54.1 Å². The van der Waals surface area contributed by atoms with Crippen LogP contribution in [0.4, 0.5) is 0 Å². The van der Waals surface area contributed by atoms with Crippen LogP contribution in [0.3, 0.4) is 0 Å². The van der Waals surface area contributed by atoms with Crippen LogP contribution in [0.25, 0.3) is 10.8 Å². The van der Waals surface area contributed by atoms with Crippen LogP contribution >= 0.6 is 11.6 Å². The van der Waals surface area contributed by atoms with E-state index < -0.39 is 11.8 Å². The Bertz CT molecular complexity index is 961. The van der Waals surface area contributed by atoms with E-state index in [9.17, 15) is 9.59 Å². The van der Waals surface area contributed by atoms with Crippen LogP contribution in [0.15, 0.2) is 66.7 Å². The number of para-hydroxylation sites is 1. The first-order chi connectivity index (χ1) is 13.1. The fraction of sp³-hybridized carbons (Fsp3) is 0.100. The first kappa shape index (κ1) is 18.5. The molecule has 0 fully saturated rings. The van der Waals surface area contributed by atoms with Gasteiger partial charge in [0.1, 0.15) is 11.5 Å². The van der Waals surface area contributed by atoms with Gasteiger partial charge in [0.15, 0.2) is 13.2 Å².